The normalized spacial score (nSPS) is 7.24. The lowest BCUT2D eigenvalue weighted by Crippen LogP contribution is -2.12. The summed E-state index contributed by atoms with van der Waals surface area (Å²) in [6, 6.07) is 0. The molecule has 0 radical (unpaired) electrons. The van der Waals surface area contributed by atoms with Gasteiger partial charge in [-0.15, -0.1) is 18.2 Å². The predicted molar refractivity (Wildman–Crippen MR) is 72.4 cm³/mol. The van der Waals surface area contributed by atoms with E-state index in [1.54, 1.807) is 13.0 Å². The SMILES string of the molecule is C=CCCl.C=CCO[Si](=O)OCC=C.CCO. The van der Waals surface area contributed by atoms with Gasteiger partial charge in [0.2, 0.25) is 0 Å². The molecule has 0 aliphatic heterocycles. The predicted octanol–water partition coefficient (Wildman–Crippen LogP) is 2.22. The van der Waals surface area contributed by atoms with Crippen LogP contribution in [0.4, 0.5) is 0 Å². The van der Waals surface area contributed by atoms with Gasteiger partial charge in [0.05, 0.1) is 13.2 Å². The highest BCUT2D eigenvalue weighted by molar-refractivity contribution is 6.26. The lowest BCUT2D eigenvalue weighted by molar-refractivity contribution is 0.199. The number of aliphatic hydroxyl groups is 1. The Kier molecular flexibility index (Phi) is 30.6. The maximum atomic E-state index is 10.6. The first-order valence-corrected chi connectivity index (χ1v) is 6.69. The Balaban J connectivity index is -0.000000232. The van der Waals surface area contributed by atoms with Gasteiger partial charge < -0.3 is 14.0 Å². The summed E-state index contributed by atoms with van der Waals surface area (Å²) in [5.74, 6) is 0.556. The van der Waals surface area contributed by atoms with Crippen molar-refractivity contribution in [1.29, 1.82) is 0 Å². The zero-order valence-electron chi connectivity index (χ0n) is 10.2. The molecule has 100 valence electrons. The van der Waals surface area contributed by atoms with Crippen LogP contribution >= 0.6 is 11.6 Å². The van der Waals surface area contributed by atoms with Gasteiger partial charge in [0.15, 0.2) is 0 Å². The van der Waals surface area contributed by atoms with Crippen LogP contribution in [-0.4, -0.2) is 40.0 Å². The number of rotatable bonds is 7. The summed E-state index contributed by atoms with van der Waals surface area (Å²) in [7, 11) is -2.31. The standard InChI is InChI=1S/C6H10O3Si.C3H5Cl.C2H6O/c1-3-5-8-10(7)9-6-4-2;1-2-3-4;1-2-3/h3-4H,1-2,5-6H2;2H,1,3H2;3H,2H2,1H3. The molecule has 0 amide bonds. The largest absolute Gasteiger partial charge is 0.767 e. The number of hydrogen-bond acceptors (Lipinski definition) is 4. The quantitative estimate of drug-likeness (QED) is 0.441. The molecule has 0 aliphatic rings. The van der Waals surface area contributed by atoms with Crippen LogP contribution in [0.15, 0.2) is 38.0 Å². The molecule has 0 rings (SSSR count). The fourth-order valence-electron chi connectivity index (χ4n) is 0.296. The molecule has 4 nitrogen and oxygen atoms in total. The van der Waals surface area contributed by atoms with Crippen LogP contribution in [0.25, 0.3) is 0 Å². The van der Waals surface area contributed by atoms with Crippen molar-refractivity contribution in [2.75, 3.05) is 25.7 Å². The monoisotopic (exact) mass is 280 g/mol. The third-order valence-electron chi connectivity index (χ3n) is 0.747. The molecule has 0 saturated carbocycles. The van der Waals surface area contributed by atoms with E-state index < -0.39 is 9.17 Å². The van der Waals surface area contributed by atoms with Gasteiger partial charge in [0, 0.05) is 12.5 Å². The molecule has 17 heavy (non-hydrogen) atoms. The summed E-state index contributed by atoms with van der Waals surface area (Å²) in [5.41, 5.74) is 0. The van der Waals surface area contributed by atoms with Gasteiger partial charge >= 0.3 is 9.17 Å². The van der Waals surface area contributed by atoms with Crippen molar-refractivity contribution in [3.05, 3.63) is 38.0 Å². The van der Waals surface area contributed by atoms with Crippen molar-refractivity contribution in [2.45, 2.75) is 6.92 Å². The fourth-order valence-corrected chi connectivity index (χ4v) is 0.887. The summed E-state index contributed by atoms with van der Waals surface area (Å²) >= 11 is 5.07. The van der Waals surface area contributed by atoms with Gasteiger partial charge in [-0.25, -0.2) is 0 Å². The average molecular weight is 281 g/mol. The molecule has 0 atom stereocenters. The smallest absolute Gasteiger partial charge is 0.493 e. The molecule has 0 unspecified atom stereocenters. The van der Waals surface area contributed by atoms with Gasteiger partial charge in [0.1, 0.15) is 0 Å². The fraction of sp³-hybridized carbons (Fsp3) is 0.455. The number of allylic oxidation sites excluding steroid dienone is 1. The van der Waals surface area contributed by atoms with E-state index in [0.29, 0.717) is 5.88 Å². The molecular formula is C11H21ClO4Si. The zero-order chi connectivity index (χ0) is 13.9. The third kappa shape index (κ3) is 39.5. The van der Waals surface area contributed by atoms with Gasteiger partial charge in [0.25, 0.3) is 0 Å². The molecule has 0 aromatic rings. The van der Waals surface area contributed by atoms with Gasteiger partial charge in [-0.3, -0.25) is 4.46 Å². The van der Waals surface area contributed by atoms with E-state index in [2.05, 4.69) is 28.6 Å². The Hall–Kier alpha value is -0.913. The zero-order valence-corrected chi connectivity index (χ0v) is 12.0. The van der Waals surface area contributed by atoms with Crippen molar-refractivity contribution < 1.29 is 18.4 Å². The van der Waals surface area contributed by atoms with Crippen LogP contribution < -0.4 is 0 Å². The van der Waals surface area contributed by atoms with E-state index in [4.69, 9.17) is 16.7 Å². The number of halogens is 1. The van der Waals surface area contributed by atoms with Crippen LogP contribution in [0.2, 0.25) is 0 Å². The number of alkyl halides is 1. The molecule has 0 saturated heterocycles. The molecule has 0 spiro atoms. The molecule has 0 bridgehead atoms. The van der Waals surface area contributed by atoms with Gasteiger partial charge in [-0.1, -0.05) is 31.4 Å². The van der Waals surface area contributed by atoms with Crippen LogP contribution in [-0.2, 0) is 13.3 Å². The van der Waals surface area contributed by atoms with E-state index in [0.717, 1.165) is 0 Å². The van der Waals surface area contributed by atoms with Crippen molar-refractivity contribution >= 4 is 20.8 Å². The number of hydrogen-bond donors (Lipinski definition) is 1. The lowest BCUT2D eigenvalue weighted by Gasteiger charge is -1.98. The lowest BCUT2D eigenvalue weighted by atomic mass is 10.7. The second-order valence-corrected chi connectivity index (χ2v) is 3.59. The second kappa shape index (κ2) is 24.4. The molecule has 6 heteroatoms. The Bertz CT molecular complexity index is 184. The topological polar surface area (TPSA) is 55.8 Å². The Morgan fingerprint density at radius 2 is 1.47 bits per heavy atom. The summed E-state index contributed by atoms with van der Waals surface area (Å²) in [6.07, 6.45) is 4.67. The molecule has 0 heterocycles. The number of aliphatic hydroxyl groups excluding tert-OH is 1. The minimum absolute atomic E-state index is 0.250. The van der Waals surface area contributed by atoms with Crippen molar-refractivity contribution in [3.63, 3.8) is 0 Å². The van der Waals surface area contributed by atoms with Gasteiger partial charge in [-0.2, -0.15) is 0 Å². The highest BCUT2D eigenvalue weighted by atomic mass is 35.5. The van der Waals surface area contributed by atoms with E-state index in [1.807, 2.05) is 0 Å². The minimum atomic E-state index is -2.31. The summed E-state index contributed by atoms with van der Waals surface area (Å²) in [5, 5.41) is 7.57. The average Bonchev–Trinajstić information content (AvgIpc) is 2.35. The van der Waals surface area contributed by atoms with E-state index in [9.17, 15) is 4.46 Å². The maximum Gasteiger partial charge on any atom is 0.767 e. The molecule has 1 N–H and O–H groups in total. The first-order chi connectivity index (χ1) is 8.14. The first-order valence-electron chi connectivity index (χ1n) is 4.93. The van der Waals surface area contributed by atoms with Crippen LogP contribution in [0, 0.1) is 0 Å². The van der Waals surface area contributed by atoms with Crippen molar-refractivity contribution in [3.8, 4) is 0 Å². The summed E-state index contributed by atoms with van der Waals surface area (Å²) in [4.78, 5) is 0. The molecule has 0 aromatic heterocycles. The van der Waals surface area contributed by atoms with Crippen molar-refractivity contribution in [1.82, 2.24) is 0 Å². The maximum absolute atomic E-state index is 10.6. The molecular weight excluding hydrogens is 260 g/mol. The Morgan fingerprint density at radius 3 is 1.65 bits per heavy atom. The molecule has 0 aliphatic carbocycles. The molecule has 0 fully saturated rings. The Labute approximate surface area is 110 Å². The summed E-state index contributed by atoms with van der Waals surface area (Å²) in [6.45, 7) is 12.6. The van der Waals surface area contributed by atoms with E-state index in [-0.39, 0.29) is 19.8 Å². The highest BCUT2D eigenvalue weighted by Crippen LogP contribution is 1.79. The third-order valence-corrected chi connectivity index (χ3v) is 1.77. The van der Waals surface area contributed by atoms with Crippen LogP contribution in [0.3, 0.4) is 0 Å². The van der Waals surface area contributed by atoms with Crippen LogP contribution in [0.1, 0.15) is 6.92 Å². The van der Waals surface area contributed by atoms with Crippen LogP contribution in [0.5, 0.6) is 0 Å². The Morgan fingerprint density at radius 1 is 1.18 bits per heavy atom. The minimum Gasteiger partial charge on any atom is -0.493 e. The molecule has 0 aromatic carbocycles. The van der Waals surface area contributed by atoms with Gasteiger partial charge in [-0.05, 0) is 6.92 Å². The van der Waals surface area contributed by atoms with E-state index in [1.165, 1.54) is 12.2 Å². The van der Waals surface area contributed by atoms with Crippen molar-refractivity contribution in [2.24, 2.45) is 0 Å². The highest BCUT2D eigenvalue weighted by Gasteiger charge is 2.06. The summed E-state index contributed by atoms with van der Waals surface area (Å²) < 4.78 is 19.9. The van der Waals surface area contributed by atoms with E-state index >= 15 is 0 Å². The first kappa shape index (κ1) is 21.4. The second-order valence-electron chi connectivity index (χ2n) is 2.21.